The van der Waals surface area contributed by atoms with Crippen molar-refractivity contribution in [3.05, 3.63) is 99.9 Å². The molecule has 0 aliphatic carbocycles. The monoisotopic (exact) mass is 420 g/mol. The van der Waals surface area contributed by atoms with Gasteiger partial charge in [-0.3, -0.25) is 4.79 Å². The van der Waals surface area contributed by atoms with Crippen molar-refractivity contribution in [1.82, 2.24) is 5.32 Å². The Kier molecular flexibility index (Phi) is 5.98. The second kappa shape index (κ2) is 8.99. The quantitative estimate of drug-likeness (QED) is 0.530. The molecule has 1 saturated heterocycles. The van der Waals surface area contributed by atoms with Crippen LogP contribution in [0.15, 0.2) is 88.8 Å². The lowest BCUT2D eigenvalue weighted by Gasteiger charge is -2.06. The second-order valence-electron chi connectivity index (χ2n) is 6.28. The van der Waals surface area contributed by atoms with Gasteiger partial charge in [-0.1, -0.05) is 66.2 Å². The zero-order valence-corrected chi connectivity index (χ0v) is 16.9. The number of ether oxygens (including phenoxy) is 1. The van der Waals surface area contributed by atoms with Gasteiger partial charge in [-0.05, 0) is 53.2 Å². The van der Waals surface area contributed by atoms with E-state index in [4.69, 9.17) is 16.3 Å². The van der Waals surface area contributed by atoms with Gasteiger partial charge in [0.15, 0.2) is 5.17 Å². The van der Waals surface area contributed by atoms with Gasteiger partial charge in [0.05, 0.1) is 15.6 Å². The summed E-state index contributed by atoms with van der Waals surface area (Å²) in [4.78, 5) is 17.3. The zero-order valence-electron chi connectivity index (χ0n) is 15.3. The highest BCUT2D eigenvalue weighted by Gasteiger charge is 2.24. The number of hydrogen-bond donors (Lipinski definition) is 1. The van der Waals surface area contributed by atoms with Crippen molar-refractivity contribution in [1.29, 1.82) is 0 Å². The largest absolute Gasteiger partial charge is 0.489 e. The molecule has 29 heavy (non-hydrogen) atoms. The Hall–Kier alpha value is -3.02. The van der Waals surface area contributed by atoms with Gasteiger partial charge in [-0.25, -0.2) is 4.99 Å². The number of amides is 1. The van der Waals surface area contributed by atoms with Gasteiger partial charge in [-0.15, -0.1) is 0 Å². The van der Waals surface area contributed by atoms with Crippen LogP contribution in [-0.4, -0.2) is 11.1 Å². The van der Waals surface area contributed by atoms with Crippen LogP contribution in [0.4, 0.5) is 5.69 Å². The molecule has 4 rings (SSSR count). The van der Waals surface area contributed by atoms with Crippen molar-refractivity contribution in [3.63, 3.8) is 0 Å². The van der Waals surface area contributed by atoms with Crippen LogP contribution in [-0.2, 0) is 11.4 Å². The summed E-state index contributed by atoms with van der Waals surface area (Å²) in [7, 11) is 0. The Morgan fingerprint density at radius 1 is 0.966 bits per heavy atom. The van der Waals surface area contributed by atoms with E-state index in [9.17, 15) is 4.79 Å². The maximum Gasteiger partial charge on any atom is 0.264 e. The average molecular weight is 421 g/mol. The van der Waals surface area contributed by atoms with Gasteiger partial charge in [0.25, 0.3) is 5.91 Å². The third-order valence-corrected chi connectivity index (χ3v) is 5.38. The fourth-order valence-electron chi connectivity index (χ4n) is 2.68. The summed E-state index contributed by atoms with van der Waals surface area (Å²) in [6.45, 7) is 0.515. The number of nitrogens with zero attached hydrogens (tertiary/aromatic N) is 1. The van der Waals surface area contributed by atoms with E-state index in [1.807, 2.05) is 72.8 Å². The number of halogens is 1. The molecule has 0 atom stereocenters. The van der Waals surface area contributed by atoms with Crippen LogP contribution in [0.3, 0.4) is 0 Å². The van der Waals surface area contributed by atoms with Crippen LogP contribution < -0.4 is 10.1 Å². The van der Waals surface area contributed by atoms with Gasteiger partial charge < -0.3 is 10.1 Å². The van der Waals surface area contributed by atoms with Crippen molar-refractivity contribution >= 4 is 46.2 Å². The molecule has 4 nitrogen and oxygen atoms in total. The fourth-order valence-corrected chi connectivity index (χ4v) is 3.70. The molecule has 0 spiro atoms. The maximum atomic E-state index is 12.3. The van der Waals surface area contributed by atoms with Gasteiger partial charge in [0.2, 0.25) is 0 Å². The Bertz CT molecular complexity index is 1080. The lowest BCUT2D eigenvalue weighted by molar-refractivity contribution is -0.115. The van der Waals surface area contributed by atoms with Crippen LogP contribution >= 0.6 is 23.4 Å². The number of hydrogen-bond acceptors (Lipinski definition) is 4. The van der Waals surface area contributed by atoms with Gasteiger partial charge >= 0.3 is 0 Å². The minimum Gasteiger partial charge on any atom is -0.489 e. The van der Waals surface area contributed by atoms with Gasteiger partial charge in [0, 0.05) is 0 Å². The van der Waals surface area contributed by atoms with Gasteiger partial charge in [-0.2, -0.15) is 0 Å². The highest BCUT2D eigenvalue weighted by molar-refractivity contribution is 8.18. The lowest BCUT2D eigenvalue weighted by atomic mass is 10.2. The van der Waals surface area contributed by atoms with E-state index in [0.29, 0.717) is 27.4 Å². The van der Waals surface area contributed by atoms with E-state index in [-0.39, 0.29) is 5.91 Å². The Morgan fingerprint density at radius 2 is 1.69 bits per heavy atom. The third kappa shape index (κ3) is 5.08. The molecular formula is C23H17ClN2O2S. The number of amidine groups is 1. The lowest BCUT2D eigenvalue weighted by Crippen LogP contribution is -2.19. The van der Waals surface area contributed by atoms with E-state index in [1.54, 1.807) is 12.1 Å². The first-order valence-corrected chi connectivity index (χ1v) is 10.2. The molecule has 1 heterocycles. The number of carbonyl (C=O) groups excluding carboxylic acids is 1. The maximum absolute atomic E-state index is 12.3. The summed E-state index contributed by atoms with van der Waals surface area (Å²) in [6, 6.07) is 24.9. The standard InChI is InChI=1S/C23H17ClN2O2S/c24-19-8-4-5-9-20(19)25-23-26-22(27)21(29-23)14-16-10-12-18(13-11-16)28-15-17-6-2-1-3-7-17/h1-14H,15H2,(H,25,26,27)/b21-14+. The summed E-state index contributed by atoms with van der Waals surface area (Å²) in [6.07, 6.45) is 1.83. The molecule has 144 valence electrons. The van der Waals surface area contributed by atoms with Crippen LogP contribution in [0.2, 0.25) is 5.02 Å². The van der Waals surface area contributed by atoms with Crippen molar-refractivity contribution < 1.29 is 9.53 Å². The van der Waals surface area contributed by atoms with E-state index < -0.39 is 0 Å². The molecule has 6 heteroatoms. The number of rotatable bonds is 5. The highest BCUT2D eigenvalue weighted by atomic mass is 35.5. The van der Waals surface area contributed by atoms with Crippen LogP contribution in [0.25, 0.3) is 6.08 Å². The smallest absolute Gasteiger partial charge is 0.264 e. The molecule has 1 amide bonds. The zero-order chi connectivity index (χ0) is 20.1. The average Bonchev–Trinajstić information content (AvgIpc) is 3.09. The minimum atomic E-state index is -0.176. The molecule has 0 unspecified atom stereocenters. The van der Waals surface area contributed by atoms with E-state index in [1.165, 1.54) is 11.8 Å². The van der Waals surface area contributed by atoms with E-state index >= 15 is 0 Å². The molecule has 0 radical (unpaired) electrons. The summed E-state index contributed by atoms with van der Waals surface area (Å²) < 4.78 is 5.80. The van der Waals surface area contributed by atoms with Crippen molar-refractivity contribution in [3.8, 4) is 5.75 Å². The second-order valence-corrected chi connectivity index (χ2v) is 7.71. The summed E-state index contributed by atoms with van der Waals surface area (Å²) in [5.74, 6) is 0.603. The van der Waals surface area contributed by atoms with Gasteiger partial charge in [0.1, 0.15) is 12.4 Å². The highest BCUT2D eigenvalue weighted by Crippen LogP contribution is 2.31. The molecule has 1 aliphatic rings. The molecule has 1 N–H and O–H groups in total. The molecule has 3 aromatic carbocycles. The normalized spacial score (nSPS) is 16.2. The predicted molar refractivity (Wildman–Crippen MR) is 119 cm³/mol. The molecule has 0 bridgehead atoms. The number of thioether (sulfide) groups is 1. The topological polar surface area (TPSA) is 50.7 Å². The first-order chi connectivity index (χ1) is 14.2. The van der Waals surface area contributed by atoms with Crippen LogP contribution in [0, 0.1) is 0 Å². The van der Waals surface area contributed by atoms with E-state index in [0.717, 1.165) is 16.9 Å². The molecule has 0 saturated carbocycles. The van der Waals surface area contributed by atoms with Crippen LogP contribution in [0.1, 0.15) is 11.1 Å². The Balaban J connectivity index is 1.42. The first-order valence-electron chi connectivity index (χ1n) is 8.98. The third-order valence-electron chi connectivity index (χ3n) is 4.15. The molecule has 1 fully saturated rings. The summed E-state index contributed by atoms with van der Waals surface area (Å²) >= 11 is 7.42. The number of para-hydroxylation sites is 1. The number of nitrogens with one attached hydrogen (secondary N) is 1. The summed E-state index contributed by atoms with van der Waals surface area (Å²) in [5, 5.41) is 3.82. The molecule has 0 aromatic heterocycles. The van der Waals surface area contributed by atoms with Crippen molar-refractivity contribution in [2.75, 3.05) is 0 Å². The van der Waals surface area contributed by atoms with Crippen molar-refractivity contribution in [2.45, 2.75) is 6.61 Å². The SMILES string of the molecule is O=C1NC(=Nc2ccccc2Cl)S/C1=C/c1ccc(OCc2ccccc2)cc1. The molecular weight excluding hydrogens is 404 g/mol. The molecule has 1 aliphatic heterocycles. The fraction of sp³-hybridized carbons (Fsp3) is 0.0435. The van der Waals surface area contributed by atoms with E-state index in [2.05, 4.69) is 10.3 Å². The first kappa shape index (κ1) is 19.3. The minimum absolute atomic E-state index is 0.176. The van der Waals surface area contributed by atoms with Crippen molar-refractivity contribution in [2.24, 2.45) is 4.99 Å². The number of aliphatic imine (C=N–C) groups is 1. The summed E-state index contributed by atoms with van der Waals surface area (Å²) in [5.41, 5.74) is 2.65. The molecule has 3 aromatic rings. The Morgan fingerprint density at radius 3 is 2.45 bits per heavy atom. The Labute approximate surface area is 178 Å². The number of carbonyl (C=O) groups is 1. The van der Waals surface area contributed by atoms with Crippen LogP contribution in [0.5, 0.6) is 5.75 Å². The number of benzene rings is 3. The predicted octanol–water partition coefficient (Wildman–Crippen LogP) is 5.81.